The van der Waals surface area contributed by atoms with Crippen molar-refractivity contribution in [1.29, 1.82) is 0 Å². The lowest BCUT2D eigenvalue weighted by atomic mass is 10.1. The molecule has 30 heavy (non-hydrogen) atoms. The smallest absolute Gasteiger partial charge is 0.337 e. The highest BCUT2D eigenvalue weighted by atomic mass is 35.5. The second kappa shape index (κ2) is 9.00. The second-order valence-corrected chi connectivity index (χ2v) is 8.68. The van der Waals surface area contributed by atoms with E-state index in [1.165, 1.54) is 41.7 Å². The molecule has 1 aliphatic heterocycles. The molecule has 0 unspecified atom stereocenters. The third-order valence-corrected chi connectivity index (χ3v) is 6.68. The minimum absolute atomic E-state index is 0.0187. The Morgan fingerprint density at radius 1 is 1.17 bits per heavy atom. The van der Waals surface area contributed by atoms with Crippen LogP contribution >= 0.6 is 11.6 Å². The fraction of sp³-hybridized carbons (Fsp3) is 0.263. The minimum atomic E-state index is -3.82. The third-order valence-electron chi connectivity index (χ3n) is 4.46. The van der Waals surface area contributed by atoms with Crippen LogP contribution in [0.4, 0.5) is 5.69 Å². The van der Waals surface area contributed by atoms with Crippen molar-refractivity contribution in [3.8, 4) is 5.75 Å². The van der Waals surface area contributed by atoms with E-state index in [0.29, 0.717) is 13.2 Å². The molecular formula is C19H19ClN2O7S. The van der Waals surface area contributed by atoms with Crippen LogP contribution < -0.4 is 5.32 Å². The monoisotopic (exact) mass is 454 g/mol. The predicted molar refractivity (Wildman–Crippen MR) is 108 cm³/mol. The van der Waals surface area contributed by atoms with Gasteiger partial charge >= 0.3 is 5.97 Å². The number of nitrogens with one attached hydrogen (secondary N) is 1. The lowest BCUT2D eigenvalue weighted by Gasteiger charge is -2.26. The summed E-state index contributed by atoms with van der Waals surface area (Å²) >= 11 is 6.11. The average Bonchev–Trinajstić information content (AvgIpc) is 2.75. The number of ether oxygens (including phenoxy) is 2. The number of phenolic OH excluding ortho intramolecular Hbond substituents is 1. The van der Waals surface area contributed by atoms with Gasteiger partial charge in [-0.2, -0.15) is 4.31 Å². The Bertz CT molecular complexity index is 1080. The quantitative estimate of drug-likeness (QED) is 0.524. The fourth-order valence-corrected chi connectivity index (χ4v) is 4.48. The summed E-state index contributed by atoms with van der Waals surface area (Å²) in [6, 6.07) is 7.66. The molecule has 1 fully saturated rings. The van der Waals surface area contributed by atoms with E-state index < -0.39 is 21.9 Å². The number of sulfonamides is 1. The van der Waals surface area contributed by atoms with Crippen LogP contribution in [0.2, 0.25) is 5.02 Å². The molecule has 0 aromatic heterocycles. The van der Waals surface area contributed by atoms with Crippen molar-refractivity contribution >= 4 is 39.2 Å². The van der Waals surface area contributed by atoms with E-state index in [0.717, 1.165) is 6.07 Å². The highest BCUT2D eigenvalue weighted by Gasteiger charge is 2.27. The molecule has 9 nitrogen and oxygen atoms in total. The lowest BCUT2D eigenvalue weighted by molar-refractivity contribution is 0.0600. The molecule has 11 heteroatoms. The summed E-state index contributed by atoms with van der Waals surface area (Å²) in [4.78, 5) is 24.1. The van der Waals surface area contributed by atoms with E-state index >= 15 is 0 Å². The summed E-state index contributed by atoms with van der Waals surface area (Å²) in [6.07, 6.45) is 0. The molecule has 2 N–H and O–H groups in total. The Balaban J connectivity index is 1.86. The van der Waals surface area contributed by atoms with Gasteiger partial charge in [-0.25, -0.2) is 13.2 Å². The maximum atomic E-state index is 12.8. The first kappa shape index (κ1) is 22.0. The molecule has 1 amide bonds. The Morgan fingerprint density at radius 2 is 1.87 bits per heavy atom. The van der Waals surface area contributed by atoms with Crippen molar-refractivity contribution in [1.82, 2.24) is 4.31 Å². The predicted octanol–water partition coefficient (Wildman–Crippen LogP) is 2.11. The van der Waals surface area contributed by atoms with E-state index in [1.807, 2.05) is 0 Å². The fourth-order valence-electron chi connectivity index (χ4n) is 2.85. The maximum Gasteiger partial charge on any atom is 0.337 e. The first-order valence-corrected chi connectivity index (χ1v) is 10.7. The largest absolute Gasteiger partial charge is 0.506 e. The summed E-state index contributed by atoms with van der Waals surface area (Å²) in [5, 5.41) is 12.6. The van der Waals surface area contributed by atoms with Gasteiger partial charge < -0.3 is 19.9 Å². The van der Waals surface area contributed by atoms with Crippen molar-refractivity contribution in [2.24, 2.45) is 0 Å². The number of anilines is 1. The molecule has 0 atom stereocenters. The summed E-state index contributed by atoms with van der Waals surface area (Å²) < 4.78 is 36.7. The van der Waals surface area contributed by atoms with Crippen molar-refractivity contribution in [2.45, 2.75) is 4.90 Å². The number of methoxy groups -OCH3 is 1. The first-order valence-electron chi connectivity index (χ1n) is 8.84. The first-order chi connectivity index (χ1) is 14.2. The molecule has 0 spiro atoms. The average molecular weight is 455 g/mol. The number of morpholine rings is 1. The summed E-state index contributed by atoms with van der Waals surface area (Å²) in [7, 11) is -2.62. The minimum Gasteiger partial charge on any atom is -0.506 e. The number of amides is 1. The number of benzene rings is 2. The van der Waals surface area contributed by atoms with Gasteiger partial charge in [-0.3, -0.25) is 4.79 Å². The molecular weight excluding hydrogens is 436 g/mol. The van der Waals surface area contributed by atoms with Gasteiger partial charge in [-0.05, 0) is 36.4 Å². The number of hydrogen-bond acceptors (Lipinski definition) is 7. The van der Waals surface area contributed by atoms with E-state index in [-0.39, 0.29) is 45.6 Å². The van der Waals surface area contributed by atoms with Crippen LogP contribution in [0, 0.1) is 0 Å². The van der Waals surface area contributed by atoms with Gasteiger partial charge in [-0.1, -0.05) is 11.6 Å². The summed E-state index contributed by atoms with van der Waals surface area (Å²) in [5.41, 5.74) is 0.0391. The van der Waals surface area contributed by atoms with Crippen molar-refractivity contribution in [3.63, 3.8) is 0 Å². The van der Waals surface area contributed by atoms with Gasteiger partial charge in [0.1, 0.15) is 5.75 Å². The van der Waals surface area contributed by atoms with Crippen LogP contribution in [-0.2, 0) is 19.5 Å². The lowest BCUT2D eigenvalue weighted by Crippen LogP contribution is -2.40. The molecule has 2 aromatic rings. The molecule has 0 saturated carbocycles. The zero-order valence-corrected chi connectivity index (χ0v) is 17.5. The number of aromatic hydroxyl groups is 1. The SMILES string of the molecule is COC(=O)c1ccc(NC(=O)c2cc(S(=O)(=O)N3CCOCC3)ccc2Cl)c(O)c1. The number of halogens is 1. The van der Waals surface area contributed by atoms with Crippen molar-refractivity contribution < 1.29 is 32.6 Å². The number of esters is 1. The van der Waals surface area contributed by atoms with Crippen molar-refractivity contribution in [2.75, 3.05) is 38.7 Å². The molecule has 2 aromatic carbocycles. The highest BCUT2D eigenvalue weighted by molar-refractivity contribution is 7.89. The van der Waals surface area contributed by atoms with Crippen LogP contribution in [0.1, 0.15) is 20.7 Å². The summed E-state index contributed by atoms with van der Waals surface area (Å²) in [6.45, 7) is 1.02. The molecule has 160 valence electrons. The standard InChI is InChI=1S/C19H19ClN2O7S/c1-28-19(25)12-2-5-16(17(23)10-12)21-18(24)14-11-13(3-4-15(14)20)30(26,27)22-6-8-29-9-7-22/h2-5,10-11,23H,6-9H2,1H3,(H,21,24). The number of carbonyl (C=O) groups is 2. The number of carbonyl (C=O) groups excluding carboxylic acids is 2. The summed E-state index contributed by atoms with van der Waals surface area (Å²) in [5.74, 6) is -1.73. The Hall–Kier alpha value is -2.66. The van der Waals surface area contributed by atoms with Crippen LogP contribution in [0.5, 0.6) is 5.75 Å². The number of nitrogens with zero attached hydrogens (tertiary/aromatic N) is 1. The van der Waals surface area contributed by atoms with E-state index in [9.17, 15) is 23.1 Å². The van der Waals surface area contributed by atoms with Gasteiger partial charge in [0.05, 0.1) is 47.1 Å². The molecule has 1 aliphatic rings. The van der Waals surface area contributed by atoms with Gasteiger partial charge in [0.25, 0.3) is 5.91 Å². The van der Waals surface area contributed by atoms with Crippen LogP contribution in [0.3, 0.4) is 0 Å². The normalized spacial score (nSPS) is 14.9. The van der Waals surface area contributed by atoms with Gasteiger partial charge in [0.2, 0.25) is 10.0 Å². The van der Waals surface area contributed by atoms with Crippen LogP contribution in [0.25, 0.3) is 0 Å². The molecule has 1 saturated heterocycles. The molecule has 0 radical (unpaired) electrons. The van der Waals surface area contributed by atoms with E-state index in [2.05, 4.69) is 10.1 Å². The van der Waals surface area contributed by atoms with Crippen molar-refractivity contribution in [3.05, 3.63) is 52.5 Å². The van der Waals surface area contributed by atoms with E-state index in [4.69, 9.17) is 16.3 Å². The van der Waals surface area contributed by atoms with E-state index in [1.54, 1.807) is 0 Å². The number of phenols is 1. The third kappa shape index (κ3) is 4.57. The van der Waals surface area contributed by atoms with Crippen LogP contribution in [0.15, 0.2) is 41.3 Å². The second-order valence-electron chi connectivity index (χ2n) is 6.34. The van der Waals surface area contributed by atoms with Gasteiger partial charge in [0.15, 0.2) is 0 Å². The Kier molecular flexibility index (Phi) is 6.61. The zero-order valence-electron chi connectivity index (χ0n) is 15.9. The Morgan fingerprint density at radius 3 is 2.50 bits per heavy atom. The van der Waals surface area contributed by atoms with Gasteiger partial charge in [-0.15, -0.1) is 0 Å². The Labute approximate surface area is 178 Å². The number of hydrogen-bond donors (Lipinski definition) is 2. The topological polar surface area (TPSA) is 122 Å². The maximum absolute atomic E-state index is 12.8. The molecule has 3 rings (SSSR count). The molecule has 0 bridgehead atoms. The number of rotatable bonds is 5. The van der Waals surface area contributed by atoms with Gasteiger partial charge in [0, 0.05) is 13.1 Å². The molecule has 0 aliphatic carbocycles. The van der Waals surface area contributed by atoms with Crippen LogP contribution in [-0.4, -0.2) is 63.1 Å². The molecule has 1 heterocycles. The zero-order chi connectivity index (χ0) is 21.9. The highest BCUT2D eigenvalue weighted by Crippen LogP contribution is 2.28.